The predicted octanol–water partition coefficient (Wildman–Crippen LogP) is 5.59. The van der Waals surface area contributed by atoms with Crippen molar-refractivity contribution < 1.29 is 13.2 Å². The maximum Gasteiger partial charge on any atom is 0.174 e. The van der Waals surface area contributed by atoms with Gasteiger partial charge in [0, 0.05) is 42.0 Å². The number of hydrogen-bond acceptors (Lipinski definition) is 3. The summed E-state index contributed by atoms with van der Waals surface area (Å²) >= 11 is 0. The van der Waals surface area contributed by atoms with Gasteiger partial charge in [0.25, 0.3) is 0 Å². The highest BCUT2D eigenvalue weighted by Crippen LogP contribution is 2.35. The minimum absolute atomic E-state index is 0.152. The Labute approximate surface area is 189 Å². The zero-order chi connectivity index (χ0) is 23.1. The van der Waals surface area contributed by atoms with Gasteiger partial charge in [0.2, 0.25) is 0 Å². The number of fused-ring (bicyclic) bond motifs is 1. The molecule has 33 heavy (non-hydrogen) atoms. The van der Waals surface area contributed by atoms with Crippen LogP contribution >= 0.6 is 0 Å². The normalized spacial score (nSPS) is 15.8. The Morgan fingerprint density at radius 2 is 1.82 bits per heavy atom. The number of aryl methyl sites for hydroxylation is 3. The zero-order valence-corrected chi connectivity index (χ0v) is 18.3. The molecule has 2 aromatic heterocycles. The van der Waals surface area contributed by atoms with Gasteiger partial charge in [-0.2, -0.15) is 5.10 Å². The van der Waals surface area contributed by atoms with E-state index in [-0.39, 0.29) is 5.56 Å². The first-order valence-corrected chi connectivity index (χ1v) is 10.8. The molecule has 0 spiro atoms. The number of benzene rings is 2. The molecule has 1 aliphatic heterocycles. The van der Waals surface area contributed by atoms with E-state index < -0.39 is 23.4 Å². The summed E-state index contributed by atoms with van der Waals surface area (Å²) in [5.41, 5.74) is 3.92. The second-order valence-electron chi connectivity index (χ2n) is 8.33. The van der Waals surface area contributed by atoms with Gasteiger partial charge >= 0.3 is 0 Å². The fraction of sp³-hybridized carbons (Fsp3) is 0.240. The first kappa shape index (κ1) is 21.2. The molecule has 0 aliphatic carbocycles. The van der Waals surface area contributed by atoms with E-state index in [1.165, 1.54) is 0 Å². The van der Waals surface area contributed by atoms with Crippen molar-refractivity contribution in [2.24, 2.45) is 0 Å². The van der Waals surface area contributed by atoms with E-state index in [2.05, 4.69) is 21.1 Å². The topological polar surface area (TPSA) is 48.5 Å². The monoisotopic (exact) mass is 449 g/mol. The number of aromatic nitrogens is 5. The van der Waals surface area contributed by atoms with Crippen LogP contribution in [0.25, 0.3) is 17.8 Å². The first-order chi connectivity index (χ1) is 15.9. The van der Waals surface area contributed by atoms with Crippen LogP contribution in [0.2, 0.25) is 0 Å². The second-order valence-corrected chi connectivity index (χ2v) is 8.33. The van der Waals surface area contributed by atoms with E-state index in [4.69, 9.17) is 0 Å². The first-order valence-electron chi connectivity index (χ1n) is 10.8. The Morgan fingerprint density at radius 3 is 2.52 bits per heavy atom. The van der Waals surface area contributed by atoms with Crippen molar-refractivity contribution in [1.82, 2.24) is 24.3 Å². The van der Waals surface area contributed by atoms with Crippen LogP contribution in [0.5, 0.6) is 0 Å². The van der Waals surface area contributed by atoms with E-state index in [9.17, 15) is 13.2 Å². The lowest BCUT2D eigenvalue weighted by Crippen LogP contribution is -2.20. The third-order valence-electron chi connectivity index (χ3n) is 5.92. The third-order valence-corrected chi connectivity index (χ3v) is 5.92. The summed E-state index contributed by atoms with van der Waals surface area (Å²) in [6, 6.07) is 7.51. The molecular formula is C25H22F3N5. The van der Waals surface area contributed by atoms with E-state index in [0.29, 0.717) is 43.2 Å². The maximum atomic E-state index is 14.4. The van der Waals surface area contributed by atoms with Crippen LogP contribution in [-0.2, 0) is 6.54 Å². The fourth-order valence-electron chi connectivity index (χ4n) is 4.40. The molecule has 1 atom stereocenters. The largest absolute Gasteiger partial charge is 0.306 e. The number of rotatable bonds is 4. The minimum Gasteiger partial charge on any atom is -0.306 e. The number of imidazole rings is 1. The minimum atomic E-state index is -0.931. The molecule has 0 bridgehead atoms. The van der Waals surface area contributed by atoms with Gasteiger partial charge in [-0.1, -0.05) is 12.1 Å². The smallest absolute Gasteiger partial charge is 0.174 e. The van der Waals surface area contributed by atoms with Crippen molar-refractivity contribution in [3.63, 3.8) is 0 Å². The van der Waals surface area contributed by atoms with Crippen LogP contribution in [0.1, 0.15) is 52.8 Å². The molecule has 0 unspecified atom stereocenters. The Hall–Kier alpha value is -3.68. The summed E-state index contributed by atoms with van der Waals surface area (Å²) in [4.78, 5) is 8.82. The van der Waals surface area contributed by atoms with Gasteiger partial charge in [-0.05, 0) is 56.0 Å². The van der Waals surface area contributed by atoms with Gasteiger partial charge in [-0.3, -0.25) is 0 Å². The van der Waals surface area contributed by atoms with E-state index in [1.54, 1.807) is 17.1 Å². The van der Waals surface area contributed by atoms with Crippen LogP contribution in [0, 0.1) is 31.3 Å². The summed E-state index contributed by atoms with van der Waals surface area (Å²) in [5, 5.41) is 4.50. The molecule has 0 N–H and O–H groups in total. The Bertz CT molecular complexity index is 1350. The van der Waals surface area contributed by atoms with Gasteiger partial charge in [0.1, 0.15) is 23.3 Å². The molecule has 0 fully saturated rings. The fourth-order valence-corrected chi connectivity index (χ4v) is 4.40. The van der Waals surface area contributed by atoms with Gasteiger partial charge in [0.05, 0.1) is 12.0 Å². The lowest BCUT2D eigenvalue weighted by molar-refractivity contribution is 0.421. The Kier molecular flexibility index (Phi) is 5.36. The zero-order valence-electron chi connectivity index (χ0n) is 18.3. The highest BCUT2D eigenvalue weighted by molar-refractivity contribution is 5.68. The summed E-state index contributed by atoms with van der Waals surface area (Å²) in [6.45, 7) is 4.60. The molecule has 0 radical (unpaired) electrons. The van der Waals surface area contributed by atoms with Crippen LogP contribution in [0.15, 0.2) is 42.9 Å². The molecule has 4 aromatic rings. The molecule has 0 saturated heterocycles. The van der Waals surface area contributed by atoms with Gasteiger partial charge in [-0.25, -0.2) is 27.8 Å². The lowest BCUT2D eigenvalue weighted by Gasteiger charge is -2.23. The molecule has 168 valence electrons. The number of nitrogens with zero attached hydrogens (tertiary/aromatic N) is 5. The Balaban J connectivity index is 1.42. The quantitative estimate of drug-likeness (QED) is 0.408. The molecule has 2 aromatic carbocycles. The Morgan fingerprint density at radius 1 is 1.03 bits per heavy atom. The molecule has 3 heterocycles. The summed E-state index contributed by atoms with van der Waals surface area (Å²) in [7, 11) is 0. The van der Waals surface area contributed by atoms with Crippen molar-refractivity contribution in [3.8, 4) is 5.69 Å². The number of hydrogen-bond donors (Lipinski definition) is 0. The van der Waals surface area contributed by atoms with Crippen LogP contribution in [0.3, 0.4) is 0 Å². The average Bonchev–Trinajstić information content (AvgIpc) is 3.38. The van der Waals surface area contributed by atoms with Crippen molar-refractivity contribution >= 4 is 12.2 Å². The van der Waals surface area contributed by atoms with Crippen molar-refractivity contribution in [2.75, 3.05) is 0 Å². The SMILES string of the molecule is Cc1cn(-c2ccc(/C=C/c3nc4n(n3)CCC[C@@H]4c3c(F)cc(F)cc3F)cc2C)cn1. The van der Waals surface area contributed by atoms with Crippen LogP contribution < -0.4 is 0 Å². The summed E-state index contributed by atoms with van der Waals surface area (Å²) in [6.07, 6.45) is 8.68. The van der Waals surface area contributed by atoms with E-state index in [0.717, 1.165) is 22.5 Å². The van der Waals surface area contributed by atoms with Crippen molar-refractivity contribution in [2.45, 2.75) is 39.2 Å². The third kappa shape index (κ3) is 4.08. The van der Waals surface area contributed by atoms with Crippen molar-refractivity contribution in [1.29, 1.82) is 0 Å². The standard InChI is InChI=1S/C25H22F3N5/c1-15-10-17(5-7-22(15)32-13-16(2)29-14-32)6-8-23-30-25-19(4-3-9-33(25)31-23)24-20(27)11-18(26)12-21(24)28/h5-8,10-14,19H,3-4,9H2,1-2H3/b8-6+/t19-/m1/s1. The van der Waals surface area contributed by atoms with Crippen LogP contribution in [0.4, 0.5) is 13.2 Å². The van der Waals surface area contributed by atoms with Gasteiger partial charge < -0.3 is 4.57 Å². The van der Waals surface area contributed by atoms with Gasteiger partial charge in [0.15, 0.2) is 5.82 Å². The molecule has 8 heteroatoms. The average molecular weight is 449 g/mol. The second kappa shape index (κ2) is 8.35. The maximum absolute atomic E-state index is 14.4. The summed E-state index contributed by atoms with van der Waals surface area (Å²) < 4.78 is 45.8. The number of halogens is 3. The van der Waals surface area contributed by atoms with E-state index in [1.807, 2.05) is 42.8 Å². The molecule has 5 rings (SSSR count). The molecular weight excluding hydrogens is 427 g/mol. The van der Waals surface area contributed by atoms with Gasteiger partial charge in [-0.15, -0.1) is 0 Å². The molecule has 1 aliphatic rings. The highest BCUT2D eigenvalue weighted by Gasteiger charge is 2.30. The highest BCUT2D eigenvalue weighted by atomic mass is 19.1. The molecule has 5 nitrogen and oxygen atoms in total. The van der Waals surface area contributed by atoms with E-state index >= 15 is 0 Å². The molecule has 0 amide bonds. The predicted molar refractivity (Wildman–Crippen MR) is 119 cm³/mol. The van der Waals surface area contributed by atoms with Crippen molar-refractivity contribution in [3.05, 3.63) is 94.3 Å². The lowest BCUT2D eigenvalue weighted by atomic mass is 9.90. The summed E-state index contributed by atoms with van der Waals surface area (Å²) in [5.74, 6) is -2.36. The molecule has 0 saturated carbocycles. The van der Waals surface area contributed by atoms with Crippen LogP contribution in [-0.4, -0.2) is 24.3 Å².